The third-order valence-corrected chi connectivity index (χ3v) is 7.07. The van der Waals surface area contributed by atoms with Crippen molar-refractivity contribution >= 4 is 38.9 Å². The van der Waals surface area contributed by atoms with E-state index in [1.165, 1.54) is 4.31 Å². The van der Waals surface area contributed by atoms with Crippen molar-refractivity contribution in [1.82, 2.24) is 0 Å². The van der Waals surface area contributed by atoms with Gasteiger partial charge in [0.1, 0.15) is 5.75 Å². The lowest BCUT2D eigenvalue weighted by molar-refractivity contribution is 0.102. The predicted molar refractivity (Wildman–Crippen MR) is 123 cm³/mol. The van der Waals surface area contributed by atoms with Crippen LogP contribution in [-0.2, 0) is 16.4 Å². The number of carbonyl (C=O) groups is 1. The van der Waals surface area contributed by atoms with Crippen molar-refractivity contribution in [2.24, 2.45) is 0 Å². The molecule has 6 nitrogen and oxygen atoms in total. The molecule has 1 N–H and O–H groups in total. The van der Waals surface area contributed by atoms with E-state index in [-0.39, 0.29) is 11.7 Å². The zero-order chi connectivity index (χ0) is 22.0. The van der Waals surface area contributed by atoms with E-state index >= 15 is 0 Å². The van der Waals surface area contributed by atoms with Gasteiger partial charge in [0.15, 0.2) is 5.75 Å². The minimum Gasteiger partial charge on any atom is -0.455 e. The maximum absolute atomic E-state index is 12.9. The Bertz CT molecular complexity index is 1230. The number of para-hydroxylation sites is 1. The van der Waals surface area contributed by atoms with Gasteiger partial charge in [0.2, 0.25) is 10.0 Å². The van der Waals surface area contributed by atoms with Gasteiger partial charge in [-0.05, 0) is 67.4 Å². The Kier molecular flexibility index (Phi) is 5.89. The lowest BCUT2D eigenvalue weighted by atomic mass is 10.1. The summed E-state index contributed by atoms with van der Waals surface area (Å²) in [6.45, 7) is 2.01. The van der Waals surface area contributed by atoms with Gasteiger partial charge in [-0.3, -0.25) is 9.10 Å². The molecule has 31 heavy (non-hydrogen) atoms. The van der Waals surface area contributed by atoms with Crippen LogP contribution in [0.5, 0.6) is 11.5 Å². The second kappa shape index (κ2) is 8.61. The Labute approximate surface area is 186 Å². The fourth-order valence-electron chi connectivity index (χ4n) is 3.46. The number of ether oxygens (including phenoxy) is 1. The molecule has 0 radical (unpaired) electrons. The number of carbonyl (C=O) groups excluding carboxylic acids is 1. The number of rotatable bonds is 6. The van der Waals surface area contributed by atoms with Gasteiger partial charge in [0.05, 0.1) is 17.1 Å². The summed E-state index contributed by atoms with van der Waals surface area (Å²) in [6, 6.07) is 19.3. The fourth-order valence-corrected chi connectivity index (χ4v) is 4.79. The van der Waals surface area contributed by atoms with Crippen LogP contribution in [0.1, 0.15) is 22.8 Å². The first kappa shape index (κ1) is 21.2. The molecule has 3 aromatic rings. The molecule has 1 aliphatic heterocycles. The van der Waals surface area contributed by atoms with Crippen LogP contribution in [0.25, 0.3) is 0 Å². The lowest BCUT2D eigenvalue weighted by Gasteiger charge is -2.18. The van der Waals surface area contributed by atoms with E-state index in [0.717, 1.165) is 5.56 Å². The van der Waals surface area contributed by atoms with Crippen LogP contribution in [0.15, 0.2) is 66.7 Å². The quantitative estimate of drug-likeness (QED) is 0.560. The molecule has 3 aromatic carbocycles. The number of nitrogens with one attached hydrogen (secondary N) is 1. The largest absolute Gasteiger partial charge is 0.455 e. The molecule has 0 saturated heterocycles. The van der Waals surface area contributed by atoms with Crippen molar-refractivity contribution < 1.29 is 17.9 Å². The molecule has 0 aromatic heterocycles. The Morgan fingerprint density at radius 3 is 2.61 bits per heavy atom. The normalized spacial score (nSPS) is 13.0. The zero-order valence-electron chi connectivity index (χ0n) is 16.8. The topological polar surface area (TPSA) is 75.7 Å². The van der Waals surface area contributed by atoms with Gasteiger partial charge in [0.25, 0.3) is 5.91 Å². The molecule has 1 heterocycles. The van der Waals surface area contributed by atoms with Gasteiger partial charge in [0, 0.05) is 17.1 Å². The molecule has 0 saturated carbocycles. The Hall–Kier alpha value is -3.03. The SMILES string of the molecule is CCS(=O)(=O)N1CCc2cc(C(=O)Nc3cc(Cl)ccc3Oc3ccccc3)ccc21. The molecule has 0 fully saturated rings. The van der Waals surface area contributed by atoms with Crippen molar-refractivity contribution in [1.29, 1.82) is 0 Å². The van der Waals surface area contributed by atoms with E-state index in [4.69, 9.17) is 16.3 Å². The molecule has 0 bridgehead atoms. The van der Waals surface area contributed by atoms with Gasteiger partial charge in [-0.1, -0.05) is 29.8 Å². The summed E-state index contributed by atoms with van der Waals surface area (Å²) in [6.07, 6.45) is 0.565. The van der Waals surface area contributed by atoms with Gasteiger partial charge in [-0.2, -0.15) is 0 Å². The van der Waals surface area contributed by atoms with E-state index in [1.807, 2.05) is 30.3 Å². The number of sulfonamides is 1. The molecule has 0 aliphatic carbocycles. The fraction of sp³-hybridized carbons (Fsp3) is 0.174. The second-order valence-electron chi connectivity index (χ2n) is 7.08. The van der Waals surface area contributed by atoms with Crippen LogP contribution in [0.2, 0.25) is 5.02 Å². The molecule has 1 aliphatic rings. The van der Waals surface area contributed by atoms with Crippen molar-refractivity contribution in [3.05, 3.63) is 82.9 Å². The van der Waals surface area contributed by atoms with Crippen LogP contribution in [0.3, 0.4) is 0 Å². The standard InChI is InChI=1S/C23H21ClN2O4S/c1-2-31(28,29)26-13-12-16-14-17(8-10-21(16)26)23(27)25-20-15-18(24)9-11-22(20)30-19-6-4-3-5-7-19/h3-11,14-15H,2,12-13H2,1H3,(H,25,27). The molecular weight excluding hydrogens is 436 g/mol. The van der Waals surface area contributed by atoms with E-state index in [2.05, 4.69) is 5.32 Å². The highest BCUT2D eigenvalue weighted by molar-refractivity contribution is 7.92. The molecule has 0 atom stereocenters. The smallest absolute Gasteiger partial charge is 0.255 e. The van der Waals surface area contributed by atoms with Crippen molar-refractivity contribution in [2.75, 3.05) is 21.9 Å². The highest BCUT2D eigenvalue weighted by atomic mass is 35.5. The molecule has 0 unspecified atom stereocenters. The molecular formula is C23H21ClN2O4S. The molecule has 1 amide bonds. The number of benzene rings is 3. The molecule has 160 valence electrons. The highest BCUT2D eigenvalue weighted by Crippen LogP contribution is 2.34. The summed E-state index contributed by atoms with van der Waals surface area (Å²) in [4.78, 5) is 12.9. The van der Waals surface area contributed by atoms with Crippen LogP contribution < -0.4 is 14.4 Å². The number of anilines is 2. The Balaban J connectivity index is 1.58. The first-order valence-electron chi connectivity index (χ1n) is 9.84. The molecule has 0 spiro atoms. The predicted octanol–water partition coefficient (Wildman–Crippen LogP) is 5.10. The van der Waals surface area contributed by atoms with Crippen LogP contribution in [0, 0.1) is 0 Å². The van der Waals surface area contributed by atoms with E-state index < -0.39 is 10.0 Å². The minimum absolute atomic E-state index is 0.0354. The van der Waals surface area contributed by atoms with Crippen LogP contribution in [-0.4, -0.2) is 26.6 Å². The summed E-state index contributed by atoms with van der Waals surface area (Å²) in [5, 5.41) is 3.31. The highest BCUT2D eigenvalue weighted by Gasteiger charge is 2.28. The average molecular weight is 457 g/mol. The van der Waals surface area contributed by atoms with Gasteiger partial charge in [-0.25, -0.2) is 8.42 Å². The number of nitrogens with zero attached hydrogens (tertiary/aromatic N) is 1. The van der Waals surface area contributed by atoms with Crippen LogP contribution in [0.4, 0.5) is 11.4 Å². The first-order chi connectivity index (χ1) is 14.9. The Morgan fingerprint density at radius 1 is 1.10 bits per heavy atom. The minimum atomic E-state index is -3.33. The third kappa shape index (κ3) is 4.52. The Morgan fingerprint density at radius 2 is 1.87 bits per heavy atom. The average Bonchev–Trinajstić information content (AvgIpc) is 3.20. The number of amides is 1. The number of fused-ring (bicyclic) bond motifs is 1. The molecule has 8 heteroatoms. The lowest BCUT2D eigenvalue weighted by Crippen LogP contribution is -2.30. The van der Waals surface area contributed by atoms with Gasteiger partial charge >= 0.3 is 0 Å². The summed E-state index contributed by atoms with van der Waals surface area (Å²) < 4.78 is 31.8. The third-order valence-electron chi connectivity index (χ3n) is 5.06. The van der Waals surface area contributed by atoms with Crippen molar-refractivity contribution in [3.8, 4) is 11.5 Å². The zero-order valence-corrected chi connectivity index (χ0v) is 18.4. The monoisotopic (exact) mass is 456 g/mol. The van der Waals surface area contributed by atoms with Crippen molar-refractivity contribution in [3.63, 3.8) is 0 Å². The summed E-state index contributed by atoms with van der Waals surface area (Å²) >= 11 is 6.13. The van der Waals surface area contributed by atoms with E-state index in [9.17, 15) is 13.2 Å². The van der Waals surface area contributed by atoms with E-state index in [1.54, 1.807) is 43.3 Å². The number of halogens is 1. The summed E-state index contributed by atoms with van der Waals surface area (Å²) in [5.74, 6) is 0.799. The number of hydrogen-bond acceptors (Lipinski definition) is 4. The van der Waals surface area contributed by atoms with Crippen molar-refractivity contribution in [2.45, 2.75) is 13.3 Å². The number of hydrogen-bond donors (Lipinski definition) is 1. The summed E-state index contributed by atoms with van der Waals surface area (Å²) in [7, 11) is -3.33. The first-order valence-corrected chi connectivity index (χ1v) is 11.8. The summed E-state index contributed by atoms with van der Waals surface area (Å²) in [5.41, 5.74) is 2.34. The van der Waals surface area contributed by atoms with Gasteiger partial charge in [-0.15, -0.1) is 0 Å². The van der Waals surface area contributed by atoms with Crippen LogP contribution >= 0.6 is 11.6 Å². The molecule has 4 rings (SSSR count). The van der Waals surface area contributed by atoms with Gasteiger partial charge < -0.3 is 10.1 Å². The second-order valence-corrected chi connectivity index (χ2v) is 9.69. The maximum Gasteiger partial charge on any atom is 0.255 e. The maximum atomic E-state index is 12.9. The van der Waals surface area contributed by atoms with E-state index in [0.29, 0.717) is 46.4 Å².